The van der Waals surface area contributed by atoms with Crippen molar-refractivity contribution in [3.63, 3.8) is 0 Å². The van der Waals surface area contributed by atoms with Gasteiger partial charge in [0.2, 0.25) is 10.0 Å². The zero-order valence-electron chi connectivity index (χ0n) is 13.9. The van der Waals surface area contributed by atoms with E-state index in [4.69, 9.17) is 0 Å². The van der Waals surface area contributed by atoms with Crippen LogP contribution in [0, 0.1) is 17.0 Å². The fourth-order valence-electron chi connectivity index (χ4n) is 2.67. The fourth-order valence-corrected chi connectivity index (χ4v) is 3.73. The number of hydrogen-bond donors (Lipinski definition) is 2. The molecule has 2 rings (SSSR count). The van der Waals surface area contributed by atoms with Gasteiger partial charge in [-0.05, 0) is 13.0 Å². The fraction of sp³-hybridized carbons (Fsp3) is 0.571. The van der Waals surface area contributed by atoms with Crippen LogP contribution in [0.15, 0.2) is 23.1 Å². The number of rotatable bonds is 6. The molecule has 0 aromatic heterocycles. The predicted molar refractivity (Wildman–Crippen MR) is 87.3 cm³/mol. The molecule has 1 aromatic rings. The monoisotopic (exact) mass is 396 g/mol. The summed E-state index contributed by atoms with van der Waals surface area (Å²) in [6.45, 7) is 1.61. The number of piperazine rings is 1. The van der Waals surface area contributed by atoms with E-state index in [1.165, 1.54) is 13.0 Å². The highest BCUT2D eigenvalue weighted by Gasteiger charge is 2.44. The lowest BCUT2D eigenvalue weighted by atomic mass is 10.2. The molecule has 146 valence electrons. The number of nitrogens with zero attached hydrogens (tertiary/aromatic N) is 2. The van der Waals surface area contributed by atoms with Gasteiger partial charge in [-0.25, -0.2) is 13.1 Å². The molecule has 0 spiro atoms. The number of nitrogens with one attached hydrogen (secondary N) is 2. The summed E-state index contributed by atoms with van der Waals surface area (Å²) in [4.78, 5) is 10.9. The third-order valence-corrected chi connectivity index (χ3v) is 5.55. The molecule has 1 aliphatic rings. The van der Waals surface area contributed by atoms with Crippen molar-refractivity contribution in [3.05, 3.63) is 33.9 Å². The first kappa shape index (κ1) is 20.6. The van der Waals surface area contributed by atoms with Gasteiger partial charge in [0, 0.05) is 44.4 Å². The third-order valence-electron chi connectivity index (χ3n) is 4.12. The van der Waals surface area contributed by atoms with Crippen LogP contribution < -0.4 is 10.0 Å². The predicted octanol–water partition coefficient (Wildman–Crippen LogP) is 1.02. The van der Waals surface area contributed by atoms with Crippen LogP contribution in [-0.4, -0.2) is 63.2 Å². The average molecular weight is 396 g/mol. The van der Waals surface area contributed by atoms with Crippen molar-refractivity contribution in [2.45, 2.75) is 24.0 Å². The zero-order valence-corrected chi connectivity index (χ0v) is 14.7. The van der Waals surface area contributed by atoms with E-state index in [0.29, 0.717) is 13.1 Å². The van der Waals surface area contributed by atoms with E-state index < -0.39 is 44.3 Å². The summed E-state index contributed by atoms with van der Waals surface area (Å²) >= 11 is 0. The molecule has 8 nitrogen and oxygen atoms in total. The van der Waals surface area contributed by atoms with Gasteiger partial charge in [-0.2, -0.15) is 13.2 Å². The van der Waals surface area contributed by atoms with E-state index in [2.05, 4.69) is 5.32 Å². The summed E-state index contributed by atoms with van der Waals surface area (Å²) in [6.07, 6.45) is -4.61. The molecule has 12 heteroatoms. The lowest BCUT2D eigenvalue weighted by molar-refractivity contribution is -0.385. The maximum Gasteiger partial charge on any atom is 0.405 e. The summed E-state index contributed by atoms with van der Waals surface area (Å²) in [5.41, 5.74) is -0.162. The van der Waals surface area contributed by atoms with E-state index in [0.717, 1.165) is 17.0 Å². The average Bonchev–Trinajstić information content (AvgIpc) is 2.54. The Kier molecular flexibility index (Phi) is 6.21. The van der Waals surface area contributed by atoms with Crippen molar-refractivity contribution < 1.29 is 26.5 Å². The summed E-state index contributed by atoms with van der Waals surface area (Å²) in [7, 11) is -4.32. The molecule has 1 saturated heterocycles. The molecule has 2 N–H and O–H groups in total. The van der Waals surface area contributed by atoms with Crippen molar-refractivity contribution in [3.8, 4) is 0 Å². The third kappa shape index (κ3) is 4.90. The molecule has 0 bridgehead atoms. The van der Waals surface area contributed by atoms with Crippen molar-refractivity contribution in [2.24, 2.45) is 0 Å². The molecular weight excluding hydrogens is 377 g/mol. The van der Waals surface area contributed by atoms with Crippen molar-refractivity contribution in [1.82, 2.24) is 14.9 Å². The second kappa shape index (κ2) is 7.86. The van der Waals surface area contributed by atoms with E-state index in [-0.39, 0.29) is 18.7 Å². The molecule has 1 fully saturated rings. The van der Waals surface area contributed by atoms with Crippen molar-refractivity contribution >= 4 is 15.7 Å². The second-order valence-corrected chi connectivity index (χ2v) is 7.67. The summed E-state index contributed by atoms with van der Waals surface area (Å²) in [5, 5.41) is 13.9. The van der Waals surface area contributed by atoms with E-state index in [1.807, 2.05) is 4.72 Å². The summed E-state index contributed by atoms with van der Waals surface area (Å²) < 4.78 is 66.5. The van der Waals surface area contributed by atoms with Gasteiger partial charge in [0.25, 0.3) is 5.69 Å². The maximum atomic E-state index is 13.3. The van der Waals surface area contributed by atoms with Crippen LogP contribution in [0.25, 0.3) is 0 Å². The first-order valence-corrected chi connectivity index (χ1v) is 9.27. The molecule has 26 heavy (non-hydrogen) atoms. The minimum atomic E-state index is -4.61. The first-order chi connectivity index (χ1) is 12.0. The Morgan fingerprint density at radius 1 is 1.35 bits per heavy atom. The number of benzene rings is 1. The van der Waals surface area contributed by atoms with Gasteiger partial charge in [-0.3, -0.25) is 15.0 Å². The topological polar surface area (TPSA) is 105 Å². The molecule has 1 unspecified atom stereocenters. The summed E-state index contributed by atoms with van der Waals surface area (Å²) in [6, 6.07) is 1.23. The summed E-state index contributed by atoms with van der Waals surface area (Å²) in [5.74, 6) is 0. The van der Waals surface area contributed by atoms with E-state index in [1.54, 1.807) is 0 Å². The number of alkyl halides is 3. The Balaban J connectivity index is 2.19. The normalized spacial score (nSPS) is 17.8. The van der Waals surface area contributed by atoms with Gasteiger partial charge in [0.1, 0.15) is 6.04 Å². The van der Waals surface area contributed by atoms with Crippen molar-refractivity contribution in [1.29, 1.82) is 0 Å². The molecular formula is C14H19F3N4O4S. The highest BCUT2D eigenvalue weighted by molar-refractivity contribution is 7.89. The van der Waals surface area contributed by atoms with Gasteiger partial charge in [0.05, 0.1) is 9.82 Å². The lowest BCUT2D eigenvalue weighted by Gasteiger charge is -2.35. The van der Waals surface area contributed by atoms with Crippen molar-refractivity contribution in [2.75, 3.05) is 32.7 Å². The molecule has 0 aliphatic carbocycles. The van der Waals surface area contributed by atoms with E-state index in [9.17, 15) is 31.7 Å². The van der Waals surface area contributed by atoms with E-state index >= 15 is 0 Å². The molecule has 1 heterocycles. The number of sulfonamides is 1. The number of aryl methyl sites for hydroxylation is 1. The van der Waals surface area contributed by atoms with Gasteiger partial charge in [0.15, 0.2) is 0 Å². The Bertz CT molecular complexity index is 764. The van der Waals surface area contributed by atoms with Crippen LogP contribution in [0.3, 0.4) is 0 Å². The smallest absolute Gasteiger partial charge is 0.314 e. The molecule has 0 saturated carbocycles. The maximum absolute atomic E-state index is 13.3. The quantitative estimate of drug-likeness (QED) is 0.550. The van der Waals surface area contributed by atoms with Gasteiger partial charge in [-0.1, -0.05) is 6.07 Å². The SMILES string of the molecule is Cc1ccc(S(=O)(=O)NCC(N2CCNCC2)C(F)(F)F)cc1[N+](=O)[O-]. The van der Waals surface area contributed by atoms with Crippen LogP contribution in [0.4, 0.5) is 18.9 Å². The Hall–Kier alpha value is -1.76. The Morgan fingerprint density at radius 2 is 1.96 bits per heavy atom. The second-order valence-electron chi connectivity index (χ2n) is 5.90. The molecule has 0 radical (unpaired) electrons. The Morgan fingerprint density at radius 3 is 2.50 bits per heavy atom. The molecule has 1 atom stereocenters. The lowest BCUT2D eigenvalue weighted by Crippen LogP contribution is -2.57. The number of nitro groups is 1. The largest absolute Gasteiger partial charge is 0.405 e. The Labute approximate surface area is 148 Å². The highest BCUT2D eigenvalue weighted by atomic mass is 32.2. The minimum Gasteiger partial charge on any atom is -0.314 e. The van der Waals surface area contributed by atoms with Crippen LogP contribution >= 0.6 is 0 Å². The zero-order chi connectivity index (χ0) is 19.5. The van der Waals surface area contributed by atoms with Crippen LogP contribution in [-0.2, 0) is 10.0 Å². The van der Waals surface area contributed by atoms with Crippen LogP contribution in [0.2, 0.25) is 0 Å². The van der Waals surface area contributed by atoms with Crippen LogP contribution in [0.5, 0.6) is 0 Å². The number of nitro benzene ring substituents is 1. The molecule has 0 amide bonds. The highest BCUT2D eigenvalue weighted by Crippen LogP contribution is 2.26. The molecule has 1 aliphatic heterocycles. The van der Waals surface area contributed by atoms with Gasteiger partial charge >= 0.3 is 6.18 Å². The number of hydrogen-bond acceptors (Lipinski definition) is 6. The van der Waals surface area contributed by atoms with Gasteiger partial charge < -0.3 is 5.32 Å². The standard InChI is InChI=1S/C14H19F3N4O4S/c1-10-2-3-11(8-12(10)21(22)23)26(24,25)19-9-13(14(15,16)17)20-6-4-18-5-7-20/h2-3,8,13,18-19H,4-7,9H2,1H3. The van der Waals surface area contributed by atoms with Crippen LogP contribution in [0.1, 0.15) is 5.56 Å². The minimum absolute atomic E-state index is 0.141. The van der Waals surface area contributed by atoms with Gasteiger partial charge in [-0.15, -0.1) is 0 Å². The number of halogens is 3. The molecule has 1 aromatic carbocycles. The first-order valence-electron chi connectivity index (χ1n) is 7.78.